The zero-order valence-electron chi connectivity index (χ0n) is 12.8. The summed E-state index contributed by atoms with van der Waals surface area (Å²) in [5, 5.41) is 3.64. The molecule has 0 radical (unpaired) electrons. The molecule has 0 aliphatic carbocycles. The van der Waals surface area contributed by atoms with Crippen LogP contribution in [0.25, 0.3) is 0 Å². The molecule has 0 spiro atoms. The Morgan fingerprint density at radius 2 is 2.11 bits per heavy atom. The molecule has 1 unspecified atom stereocenters. The van der Waals surface area contributed by atoms with Crippen molar-refractivity contribution in [3.63, 3.8) is 0 Å². The van der Waals surface area contributed by atoms with E-state index >= 15 is 0 Å². The topological polar surface area (TPSA) is 24.5 Å². The Kier molecular flexibility index (Phi) is 7.20. The van der Waals surface area contributed by atoms with E-state index in [0.29, 0.717) is 0 Å². The summed E-state index contributed by atoms with van der Waals surface area (Å²) in [5.41, 5.74) is 0.247. The maximum absolute atomic E-state index is 5.40. The highest BCUT2D eigenvalue weighted by molar-refractivity contribution is 4.78. The molecule has 108 valence electrons. The Morgan fingerprint density at radius 3 is 2.78 bits per heavy atom. The third-order valence-corrected chi connectivity index (χ3v) is 3.49. The van der Waals surface area contributed by atoms with Gasteiger partial charge >= 0.3 is 0 Å². The first-order chi connectivity index (χ1) is 8.51. The van der Waals surface area contributed by atoms with Crippen LogP contribution >= 0.6 is 0 Å². The summed E-state index contributed by atoms with van der Waals surface area (Å²) >= 11 is 0. The lowest BCUT2D eigenvalue weighted by atomic mass is 9.96. The summed E-state index contributed by atoms with van der Waals surface area (Å²) < 4.78 is 5.40. The van der Waals surface area contributed by atoms with Crippen molar-refractivity contribution in [2.24, 2.45) is 5.92 Å². The van der Waals surface area contributed by atoms with Gasteiger partial charge < -0.3 is 15.0 Å². The van der Waals surface area contributed by atoms with Crippen molar-refractivity contribution in [2.45, 2.75) is 52.5 Å². The van der Waals surface area contributed by atoms with Gasteiger partial charge in [0.25, 0.3) is 0 Å². The SMILES string of the molecule is CCOCCCN1CCCC(CNC(C)(C)C)C1. The third-order valence-electron chi connectivity index (χ3n) is 3.49. The van der Waals surface area contributed by atoms with Gasteiger partial charge in [-0.25, -0.2) is 0 Å². The fourth-order valence-electron chi connectivity index (χ4n) is 2.51. The highest BCUT2D eigenvalue weighted by Gasteiger charge is 2.20. The summed E-state index contributed by atoms with van der Waals surface area (Å²) in [5.74, 6) is 0.824. The summed E-state index contributed by atoms with van der Waals surface area (Å²) in [6.45, 7) is 15.5. The van der Waals surface area contributed by atoms with E-state index in [1.54, 1.807) is 0 Å². The maximum Gasteiger partial charge on any atom is 0.0478 e. The van der Waals surface area contributed by atoms with Crippen LogP contribution in [0.1, 0.15) is 47.0 Å². The summed E-state index contributed by atoms with van der Waals surface area (Å²) in [7, 11) is 0. The number of hydrogen-bond acceptors (Lipinski definition) is 3. The van der Waals surface area contributed by atoms with Gasteiger partial charge in [-0.3, -0.25) is 0 Å². The average molecular weight is 256 g/mol. The minimum Gasteiger partial charge on any atom is -0.382 e. The number of likely N-dealkylation sites (tertiary alicyclic amines) is 1. The van der Waals surface area contributed by atoms with Gasteiger partial charge in [0, 0.05) is 31.8 Å². The molecule has 18 heavy (non-hydrogen) atoms. The monoisotopic (exact) mass is 256 g/mol. The Morgan fingerprint density at radius 1 is 1.33 bits per heavy atom. The van der Waals surface area contributed by atoms with Gasteiger partial charge in [-0.1, -0.05) is 0 Å². The Balaban J connectivity index is 2.15. The quantitative estimate of drug-likeness (QED) is 0.708. The lowest BCUT2D eigenvalue weighted by Gasteiger charge is -2.34. The zero-order chi connectivity index (χ0) is 13.4. The van der Waals surface area contributed by atoms with E-state index in [1.165, 1.54) is 38.9 Å². The second-order valence-electron chi connectivity index (χ2n) is 6.49. The Hall–Kier alpha value is -0.120. The highest BCUT2D eigenvalue weighted by Crippen LogP contribution is 2.16. The number of nitrogens with one attached hydrogen (secondary N) is 1. The summed E-state index contributed by atoms with van der Waals surface area (Å²) in [4.78, 5) is 2.61. The van der Waals surface area contributed by atoms with Crippen LogP contribution in [-0.2, 0) is 4.74 Å². The van der Waals surface area contributed by atoms with Gasteiger partial charge in [0.2, 0.25) is 0 Å². The molecule has 1 atom stereocenters. The van der Waals surface area contributed by atoms with Crippen molar-refractivity contribution in [2.75, 3.05) is 39.4 Å². The second kappa shape index (κ2) is 8.13. The van der Waals surface area contributed by atoms with Gasteiger partial charge in [0.05, 0.1) is 0 Å². The molecule has 1 heterocycles. The normalized spacial score (nSPS) is 22.3. The zero-order valence-corrected chi connectivity index (χ0v) is 12.8. The molecule has 3 nitrogen and oxygen atoms in total. The molecule has 0 saturated carbocycles. The molecule has 1 rings (SSSR count). The molecule has 1 N–H and O–H groups in total. The van der Waals surface area contributed by atoms with Crippen LogP contribution in [0.3, 0.4) is 0 Å². The fraction of sp³-hybridized carbons (Fsp3) is 1.00. The standard InChI is InChI=1S/C15H32N2O/c1-5-18-11-7-10-17-9-6-8-14(13-17)12-16-15(2,3)4/h14,16H,5-13H2,1-4H3. The first-order valence-electron chi connectivity index (χ1n) is 7.56. The van der Waals surface area contributed by atoms with Crippen molar-refractivity contribution < 1.29 is 4.74 Å². The molecule has 0 aromatic carbocycles. The summed E-state index contributed by atoms with van der Waals surface area (Å²) in [6.07, 6.45) is 3.91. The molecule has 0 bridgehead atoms. The van der Waals surface area contributed by atoms with Crippen molar-refractivity contribution in [1.82, 2.24) is 10.2 Å². The predicted octanol–water partition coefficient (Wildman–Crippen LogP) is 2.51. The van der Waals surface area contributed by atoms with Gasteiger partial charge in [-0.05, 0) is 66.0 Å². The predicted molar refractivity (Wildman–Crippen MR) is 78.0 cm³/mol. The molecule has 0 aromatic rings. The van der Waals surface area contributed by atoms with E-state index in [2.05, 4.69) is 37.9 Å². The molecule has 3 heteroatoms. The average Bonchev–Trinajstić information content (AvgIpc) is 2.32. The minimum atomic E-state index is 0.247. The molecular formula is C15H32N2O. The second-order valence-corrected chi connectivity index (χ2v) is 6.49. The van der Waals surface area contributed by atoms with Crippen LogP contribution < -0.4 is 5.32 Å². The number of ether oxygens (including phenoxy) is 1. The van der Waals surface area contributed by atoms with Gasteiger partial charge in [-0.15, -0.1) is 0 Å². The maximum atomic E-state index is 5.40. The van der Waals surface area contributed by atoms with E-state index in [-0.39, 0.29) is 5.54 Å². The van der Waals surface area contributed by atoms with Crippen molar-refractivity contribution in [3.05, 3.63) is 0 Å². The smallest absolute Gasteiger partial charge is 0.0478 e. The van der Waals surface area contributed by atoms with Crippen molar-refractivity contribution in [1.29, 1.82) is 0 Å². The van der Waals surface area contributed by atoms with Gasteiger partial charge in [-0.2, -0.15) is 0 Å². The molecule has 0 amide bonds. The number of rotatable bonds is 7. The Labute approximate surface area is 113 Å². The lowest BCUT2D eigenvalue weighted by Crippen LogP contribution is -2.44. The molecule has 1 fully saturated rings. The first-order valence-corrected chi connectivity index (χ1v) is 7.56. The minimum absolute atomic E-state index is 0.247. The van der Waals surface area contributed by atoms with Crippen LogP contribution in [0.5, 0.6) is 0 Å². The first kappa shape index (κ1) is 15.9. The van der Waals surface area contributed by atoms with E-state index in [1.807, 2.05) is 0 Å². The van der Waals surface area contributed by atoms with E-state index in [4.69, 9.17) is 4.74 Å². The van der Waals surface area contributed by atoms with Crippen LogP contribution in [0.2, 0.25) is 0 Å². The van der Waals surface area contributed by atoms with E-state index in [0.717, 1.165) is 25.7 Å². The van der Waals surface area contributed by atoms with Crippen LogP contribution in [-0.4, -0.2) is 49.8 Å². The van der Waals surface area contributed by atoms with Crippen LogP contribution in [0.4, 0.5) is 0 Å². The van der Waals surface area contributed by atoms with E-state index in [9.17, 15) is 0 Å². The van der Waals surface area contributed by atoms with Gasteiger partial charge in [0.15, 0.2) is 0 Å². The number of piperidine rings is 1. The molecule has 1 aliphatic rings. The third kappa shape index (κ3) is 7.34. The van der Waals surface area contributed by atoms with Crippen LogP contribution in [0.15, 0.2) is 0 Å². The lowest BCUT2D eigenvalue weighted by molar-refractivity contribution is 0.116. The molecule has 1 aliphatic heterocycles. The molecule has 1 saturated heterocycles. The van der Waals surface area contributed by atoms with Crippen molar-refractivity contribution in [3.8, 4) is 0 Å². The number of hydrogen-bond donors (Lipinski definition) is 1. The Bertz CT molecular complexity index is 213. The largest absolute Gasteiger partial charge is 0.382 e. The van der Waals surface area contributed by atoms with E-state index < -0.39 is 0 Å². The fourth-order valence-corrected chi connectivity index (χ4v) is 2.51. The van der Waals surface area contributed by atoms with Gasteiger partial charge in [0.1, 0.15) is 0 Å². The summed E-state index contributed by atoms with van der Waals surface area (Å²) in [6, 6.07) is 0. The molecule has 0 aromatic heterocycles. The highest BCUT2D eigenvalue weighted by atomic mass is 16.5. The van der Waals surface area contributed by atoms with Crippen LogP contribution in [0, 0.1) is 5.92 Å². The van der Waals surface area contributed by atoms with Crippen molar-refractivity contribution >= 4 is 0 Å². The molecular weight excluding hydrogens is 224 g/mol. The number of nitrogens with zero attached hydrogens (tertiary/aromatic N) is 1.